The number of carbonyl (C=O) groups excluding carboxylic acids is 1. The van der Waals surface area contributed by atoms with Crippen molar-refractivity contribution in [1.82, 2.24) is 19.7 Å². The van der Waals surface area contributed by atoms with Gasteiger partial charge in [0.15, 0.2) is 21.8 Å². The molecule has 0 radical (unpaired) electrons. The number of aromatic amines is 1. The van der Waals surface area contributed by atoms with E-state index in [1.54, 1.807) is 6.08 Å². The predicted molar refractivity (Wildman–Crippen MR) is 107 cm³/mol. The van der Waals surface area contributed by atoms with E-state index in [1.807, 2.05) is 35.8 Å². The number of rotatable bonds is 5. The number of fused-ring (bicyclic) bond motifs is 1. The van der Waals surface area contributed by atoms with Gasteiger partial charge in [-0.1, -0.05) is 35.6 Å². The van der Waals surface area contributed by atoms with Crippen LogP contribution in [-0.4, -0.2) is 31.8 Å². The van der Waals surface area contributed by atoms with Crippen LogP contribution in [0.1, 0.15) is 11.3 Å². The first-order valence-electron chi connectivity index (χ1n) is 8.36. The van der Waals surface area contributed by atoms with Crippen LogP contribution in [0.2, 0.25) is 0 Å². The Bertz CT molecular complexity index is 1060. The molecule has 0 aliphatic carbocycles. The van der Waals surface area contributed by atoms with Crippen LogP contribution in [0.5, 0.6) is 5.75 Å². The van der Waals surface area contributed by atoms with Gasteiger partial charge in [0.2, 0.25) is 0 Å². The Balaban J connectivity index is 1.54. The van der Waals surface area contributed by atoms with Gasteiger partial charge in [-0.15, -0.1) is 6.58 Å². The molecular formula is C18H17N5O2S2. The lowest BCUT2D eigenvalue weighted by atomic mass is 10.1. The third-order valence-corrected chi connectivity index (χ3v) is 5.62. The molecule has 3 heterocycles. The third-order valence-electron chi connectivity index (χ3n) is 4.24. The van der Waals surface area contributed by atoms with E-state index in [9.17, 15) is 4.79 Å². The van der Waals surface area contributed by atoms with Gasteiger partial charge in [-0.2, -0.15) is 5.10 Å². The number of aryl methyl sites for hydroxylation is 1. The molecule has 2 aromatic heterocycles. The van der Waals surface area contributed by atoms with E-state index in [0.717, 1.165) is 21.9 Å². The number of hydrogen-bond acceptors (Lipinski definition) is 6. The number of benzene rings is 1. The number of hydrogen-bond donors (Lipinski definition) is 2. The highest BCUT2D eigenvalue weighted by Gasteiger charge is 2.29. The zero-order valence-electron chi connectivity index (χ0n) is 14.6. The summed E-state index contributed by atoms with van der Waals surface area (Å²) in [5, 5.41) is 10.4. The van der Waals surface area contributed by atoms with Crippen molar-refractivity contribution in [2.24, 2.45) is 0 Å². The van der Waals surface area contributed by atoms with Crippen molar-refractivity contribution in [2.75, 3.05) is 5.32 Å². The molecule has 138 valence electrons. The average Bonchev–Trinajstić information content (AvgIpc) is 3.33. The Morgan fingerprint density at radius 3 is 3.15 bits per heavy atom. The number of thiazole rings is 1. The first-order chi connectivity index (χ1) is 13.1. The second-order valence-corrected chi connectivity index (χ2v) is 7.48. The molecule has 0 saturated heterocycles. The van der Waals surface area contributed by atoms with Gasteiger partial charge in [0.25, 0.3) is 5.91 Å². The van der Waals surface area contributed by atoms with Crippen molar-refractivity contribution < 1.29 is 9.53 Å². The molecule has 7 nitrogen and oxygen atoms in total. The van der Waals surface area contributed by atoms with Crippen molar-refractivity contribution in [3.63, 3.8) is 0 Å². The number of H-pyrrole nitrogens is 1. The van der Waals surface area contributed by atoms with E-state index in [1.165, 1.54) is 11.3 Å². The molecule has 1 aliphatic rings. The summed E-state index contributed by atoms with van der Waals surface area (Å²) < 4.78 is 8.09. The average molecular weight is 400 g/mol. The number of ether oxygens (including phenoxy) is 1. The number of para-hydroxylation sites is 1. The van der Waals surface area contributed by atoms with Crippen LogP contribution < -0.4 is 10.1 Å². The van der Waals surface area contributed by atoms with E-state index >= 15 is 0 Å². The number of amides is 1. The second-order valence-electron chi connectivity index (χ2n) is 6.09. The minimum atomic E-state index is -0.551. The molecule has 1 amide bonds. The van der Waals surface area contributed by atoms with Crippen LogP contribution >= 0.6 is 23.6 Å². The molecule has 27 heavy (non-hydrogen) atoms. The molecule has 0 spiro atoms. The Morgan fingerprint density at radius 1 is 1.56 bits per heavy atom. The minimum Gasteiger partial charge on any atom is -0.480 e. The molecule has 2 N–H and O–H groups in total. The summed E-state index contributed by atoms with van der Waals surface area (Å²) in [7, 11) is 0. The summed E-state index contributed by atoms with van der Waals surface area (Å²) >= 11 is 6.61. The monoisotopic (exact) mass is 399 g/mol. The predicted octanol–water partition coefficient (Wildman–Crippen LogP) is 3.50. The van der Waals surface area contributed by atoms with E-state index in [4.69, 9.17) is 17.0 Å². The molecule has 1 aliphatic heterocycles. The topological polar surface area (TPSA) is 84.8 Å². The molecule has 3 aromatic rings. The Labute approximate surface area is 164 Å². The molecule has 0 bridgehead atoms. The molecule has 0 fully saturated rings. The number of nitrogens with one attached hydrogen (secondary N) is 2. The van der Waals surface area contributed by atoms with Gasteiger partial charge in [-0.3, -0.25) is 19.8 Å². The van der Waals surface area contributed by atoms with Crippen LogP contribution in [0, 0.1) is 11.7 Å². The lowest BCUT2D eigenvalue weighted by molar-refractivity contribution is -0.122. The molecule has 1 aromatic carbocycles. The Kier molecular flexibility index (Phi) is 4.63. The maximum atomic E-state index is 12.6. The van der Waals surface area contributed by atoms with Gasteiger partial charge in [0.05, 0.1) is 10.6 Å². The van der Waals surface area contributed by atoms with Gasteiger partial charge in [0, 0.05) is 13.0 Å². The van der Waals surface area contributed by atoms with Crippen molar-refractivity contribution in [3.05, 3.63) is 52.9 Å². The van der Waals surface area contributed by atoms with Crippen molar-refractivity contribution in [2.45, 2.75) is 26.0 Å². The van der Waals surface area contributed by atoms with Gasteiger partial charge >= 0.3 is 0 Å². The number of nitrogens with zero attached hydrogens (tertiary/aromatic N) is 3. The van der Waals surface area contributed by atoms with E-state index in [-0.39, 0.29) is 5.91 Å². The van der Waals surface area contributed by atoms with E-state index in [0.29, 0.717) is 28.7 Å². The Morgan fingerprint density at radius 2 is 2.37 bits per heavy atom. The number of allylic oxidation sites excluding steroid dienone is 1. The number of carbonyl (C=O) groups is 1. The summed E-state index contributed by atoms with van der Waals surface area (Å²) in [6.07, 6.45) is 1.76. The van der Waals surface area contributed by atoms with Crippen molar-refractivity contribution in [3.8, 4) is 16.5 Å². The van der Waals surface area contributed by atoms with Gasteiger partial charge < -0.3 is 4.74 Å². The van der Waals surface area contributed by atoms with Crippen LogP contribution in [0.15, 0.2) is 36.9 Å². The fourth-order valence-electron chi connectivity index (χ4n) is 2.96. The largest absolute Gasteiger partial charge is 0.480 e. The quantitative estimate of drug-likeness (QED) is 0.507. The first-order valence-corrected chi connectivity index (χ1v) is 9.58. The lowest BCUT2D eigenvalue weighted by Gasteiger charge is -2.09. The summed E-state index contributed by atoms with van der Waals surface area (Å²) in [4.78, 5) is 17.9. The second kappa shape index (κ2) is 7.09. The first kappa shape index (κ1) is 17.6. The Hall–Kier alpha value is -2.78. The lowest BCUT2D eigenvalue weighted by Crippen LogP contribution is -2.31. The maximum Gasteiger partial charge on any atom is 0.267 e. The van der Waals surface area contributed by atoms with Gasteiger partial charge in [0.1, 0.15) is 5.75 Å². The van der Waals surface area contributed by atoms with E-state index < -0.39 is 6.10 Å². The molecular weight excluding hydrogens is 382 g/mol. The zero-order chi connectivity index (χ0) is 19.0. The fraction of sp³-hybridized carbons (Fsp3) is 0.222. The zero-order valence-corrected chi connectivity index (χ0v) is 16.2. The fourth-order valence-corrected chi connectivity index (χ4v) is 4.14. The summed E-state index contributed by atoms with van der Waals surface area (Å²) in [6, 6.07) is 7.67. The van der Waals surface area contributed by atoms with Crippen LogP contribution in [0.3, 0.4) is 0 Å². The smallest absolute Gasteiger partial charge is 0.267 e. The highest BCUT2D eigenvalue weighted by molar-refractivity contribution is 7.71. The summed E-state index contributed by atoms with van der Waals surface area (Å²) in [5.74, 6) is 1.23. The molecule has 0 saturated carbocycles. The van der Waals surface area contributed by atoms with Crippen molar-refractivity contribution >= 4 is 34.6 Å². The highest BCUT2D eigenvalue weighted by Crippen LogP contribution is 2.33. The number of aromatic nitrogens is 4. The molecule has 9 heteroatoms. The van der Waals surface area contributed by atoms with Crippen LogP contribution in [0.25, 0.3) is 10.7 Å². The molecule has 4 rings (SSSR count). The van der Waals surface area contributed by atoms with Crippen molar-refractivity contribution in [1.29, 1.82) is 0 Å². The summed E-state index contributed by atoms with van der Waals surface area (Å²) in [5.41, 5.74) is 1.80. The van der Waals surface area contributed by atoms with Crippen LogP contribution in [-0.2, 0) is 17.8 Å². The van der Waals surface area contributed by atoms with Gasteiger partial charge in [-0.05, 0) is 30.8 Å². The standard InChI is InChI=1S/C18H17N5O2S2/c1-3-8-23-15(21-22-18(23)26)14-10(2)19-17(27-14)20-16(24)13-9-11-6-4-5-7-12(11)25-13/h3-7,13H,1,8-9H2,2H3,(H,22,26)(H,19,20,24). The van der Waals surface area contributed by atoms with E-state index in [2.05, 4.69) is 27.1 Å². The third kappa shape index (κ3) is 3.31. The minimum absolute atomic E-state index is 0.212. The maximum absolute atomic E-state index is 12.6. The van der Waals surface area contributed by atoms with Crippen LogP contribution in [0.4, 0.5) is 5.13 Å². The normalized spacial score (nSPS) is 15.2. The number of anilines is 1. The van der Waals surface area contributed by atoms with Gasteiger partial charge in [-0.25, -0.2) is 4.98 Å². The molecule has 1 unspecified atom stereocenters. The summed E-state index contributed by atoms with van der Waals surface area (Å²) in [6.45, 7) is 6.16. The SMILES string of the molecule is C=CCn1c(-c2sc(NC(=O)C3Cc4ccccc4O3)nc2C)n[nH]c1=S. The highest BCUT2D eigenvalue weighted by atomic mass is 32.1. The molecule has 1 atom stereocenters.